The quantitative estimate of drug-likeness (QED) is 0.766. The fourth-order valence-electron chi connectivity index (χ4n) is 1.89. The van der Waals surface area contributed by atoms with Gasteiger partial charge in [0.2, 0.25) is 11.8 Å². The normalized spacial score (nSPS) is 10.7. The van der Waals surface area contributed by atoms with E-state index in [4.69, 9.17) is 4.74 Å². The molecule has 102 valence electrons. The van der Waals surface area contributed by atoms with Crippen LogP contribution in [0.5, 0.6) is 5.88 Å². The van der Waals surface area contributed by atoms with Crippen LogP contribution in [0.3, 0.4) is 0 Å². The van der Waals surface area contributed by atoms with E-state index in [1.165, 1.54) is 12.1 Å². The molecular weight excluding hydrogens is 259 g/mol. The molecule has 3 aromatic rings. The van der Waals surface area contributed by atoms with Crippen molar-refractivity contribution < 1.29 is 9.13 Å². The van der Waals surface area contributed by atoms with Crippen LogP contribution in [-0.4, -0.2) is 22.1 Å². The van der Waals surface area contributed by atoms with Gasteiger partial charge in [-0.25, -0.2) is 14.4 Å². The van der Waals surface area contributed by atoms with Crippen LogP contribution in [0.15, 0.2) is 36.5 Å². The van der Waals surface area contributed by atoms with E-state index in [2.05, 4.69) is 20.3 Å². The van der Waals surface area contributed by atoms with Crippen LogP contribution >= 0.6 is 0 Å². The number of nitrogens with zero attached hydrogens (tertiary/aromatic N) is 2. The number of hydrogen-bond donors (Lipinski definition) is 2. The fraction of sp³-hybridized carbons (Fsp3) is 0.143. The maximum atomic E-state index is 13.1. The minimum absolute atomic E-state index is 0.285. The summed E-state index contributed by atoms with van der Waals surface area (Å²) in [5, 5.41) is 3.14. The summed E-state index contributed by atoms with van der Waals surface area (Å²) < 4.78 is 18.1. The maximum absolute atomic E-state index is 13.1. The molecule has 0 unspecified atom stereocenters. The van der Waals surface area contributed by atoms with Crippen molar-refractivity contribution in [1.29, 1.82) is 0 Å². The minimum atomic E-state index is -0.285. The first kappa shape index (κ1) is 12.4. The standard InChI is InChI=1S/C14H13FN4O/c1-20-13-5-2-9(7-16-13)8-17-14-18-11-4-3-10(15)6-12(11)19-14/h2-7H,8H2,1H3,(H2,17,18,19). The second kappa shape index (κ2) is 5.16. The number of pyridine rings is 1. The van der Waals surface area contributed by atoms with Crippen molar-refractivity contribution in [2.45, 2.75) is 6.54 Å². The second-order valence-corrected chi connectivity index (χ2v) is 4.31. The number of anilines is 1. The van der Waals surface area contributed by atoms with Crippen molar-refractivity contribution in [3.05, 3.63) is 47.9 Å². The van der Waals surface area contributed by atoms with Crippen LogP contribution in [-0.2, 0) is 6.54 Å². The van der Waals surface area contributed by atoms with Crippen molar-refractivity contribution in [3.63, 3.8) is 0 Å². The highest BCUT2D eigenvalue weighted by atomic mass is 19.1. The molecule has 2 aromatic heterocycles. The molecule has 0 spiro atoms. The van der Waals surface area contributed by atoms with Gasteiger partial charge in [0.1, 0.15) is 5.82 Å². The molecule has 20 heavy (non-hydrogen) atoms. The Bertz CT molecular complexity index is 724. The van der Waals surface area contributed by atoms with Gasteiger partial charge in [0.05, 0.1) is 18.1 Å². The van der Waals surface area contributed by atoms with E-state index in [1.54, 1.807) is 25.4 Å². The van der Waals surface area contributed by atoms with Crippen LogP contribution in [0, 0.1) is 5.82 Å². The molecule has 0 saturated carbocycles. The van der Waals surface area contributed by atoms with E-state index < -0.39 is 0 Å². The van der Waals surface area contributed by atoms with E-state index in [9.17, 15) is 4.39 Å². The molecule has 0 bridgehead atoms. The Kier molecular flexibility index (Phi) is 3.20. The first-order valence-electron chi connectivity index (χ1n) is 6.12. The zero-order chi connectivity index (χ0) is 13.9. The molecule has 0 atom stereocenters. The summed E-state index contributed by atoms with van der Waals surface area (Å²) in [4.78, 5) is 11.5. The lowest BCUT2D eigenvalue weighted by atomic mass is 10.3. The Morgan fingerprint density at radius 3 is 2.95 bits per heavy atom. The molecule has 6 heteroatoms. The number of aromatic nitrogens is 3. The van der Waals surface area contributed by atoms with Crippen LogP contribution in [0.1, 0.15) is 5.56 Å². The Morgan fingerprint density at radius 2 is 2.20 bits per heavy atom. The Hall–Kier alpha value is -2.63. The van der Waals surface area contributed by atoms with Crippen molar-refractivity contribution in [2.75, 3.05) is 12.4 Å². The summed E-state index contributed by atoms with van der Waals surface area (Å²) in [7, 11) is 1.58. The highest BCUT2D eigenvalue weighted by Crippen LogP contribution is 2.16. The summed E-state index contributed by atoms with van der Waals surface area (Å²) in [6.45, 7) is 0.569. The number of nitrogens with one attached hydrogen (secondary N) is 2. The summed E-state index contributed by atoms with van der Waals surface area (Å²) >= 11 is 0. The predicted molar refractivity (Wildman–Crippen MR) is 74.2 cm³/mol. The van der Waals surface area contributed by atoms with Crippen LogP contribution in [0.25, 0.3) is 11.0 Å². The lowest BCUT2D eigenvalue weighted by Crippen LogP contribution is -2.01. The fourth-order valence-corrected chi connectivity index (χ4v) is 1.89. The van der Waals surface area contributed by atoms with E-state index in [0.717, 1.165) is 11.1 Å². The third kappa shape index (κ3) is 2.54. The van der Waals surface area contributed by atoms with E-state index >= 15 is 0 Å². The molecule has 0 aliphatic rings. The molecular formula is C14H13FN4O. The third-order valence-corrected chi connectivity index (χ3v) is 2.91. The topological polar surface area (TPSA) is 62.8 Å². The van der Waals surface area contributed by atoms with Gasteiger partial charge in [-0.15, -0.1) is 0 Å². The van der Waals surface area contributed by atoms with E-state index in [0.29, 0.717) is 23.9 Å². The van der Waals surface area contributed by atoms with Gasteiger partial charge < -0.3 is 15.0 Å². The molecule has 5 nitrogen and oxygen atoms in total. The van der Waals surface area contributed by atoms with E-state index in [-0.39, 0.29) is 5.82 Å². The molecule has 0 amide bonds. The van der Waals surface area contributed by atoms with Crippen molar-refractivity contribution >= 4 is 17.0 Å². The Balaban J connectivity index is 1.72. The van der Waals surface area contributed by atoms with Gasteiger partial charge in [0, 0.05) is 18.8 Å². The van der Waals surface area contributed by atoms with Gasteiger partial charge in [-0.3, -0.25) is 0 Å². The number of fused-ring (bicyclic) bond motifs is 1. The smallest absolute Gasteiger partial charge is 0.212 e. The number of ether oxygens (including phenoxy) is 1. The Morgan fingerprint density at radius 1 is 1.30 bits per heavy atom. The highest BCUT2D eigenvalue weighted by molar-refractivity contribution is 5.77. The van der Waals surface area contributed by atoms with Gasteiger partial charge in [-0.1, -0.05) is 6.07 Å². The number of H-pyrrole nitrogens is 1. The summed E-state index contributed by atoms with van der Waals surface area (Å²) in [6.07, 6.45) is 1.73. The number of rotatable bonds is 4. The SMILES string of the molecule is COc1ccc(CNc2nc3ccc(F)cc3[nH]2)cn1. The number of methoxy groups -OCH3 is 1. The number of aromatic amines is 1. The summed E-state index contributed by atoms with van der Waals surface area (Å²) in [6, 6.07) is 8.16. The second-order valence-electron chi connectivity index (χ2n) is 4.31. The van der Waals surface area contributed by atoms with Crippen molar-refractivity contribution in [2.24, 2.45) is 0 Å². The van der Waals surface area contributed by atoms with Crippen molar-refractivity contribution in [1.82, 2.24) is 15.0 Å². The van der Waals surface area contributed by atoms with Gasteiger partial charge in [0.15, 0.2) is 0 Å². The molecule has 0 saturated heterocycles. The van der Waals surface area contributed by atoms with Gasteiger partial charge in [-0.2, -0.15) is 0 Å². The molecule has 0 fully saturated rings. The monoisotopic (exact) mass is 272 g/mol. The molecule has 0 radical (unpaired) electrons. The lowest BCUT2D eigenvalue weighted by molar-refractivity contribution is 0.397. The Labute approximate surface area is 114 Å². The predicted octanol–water partition coefficient (Wildman–Crippen LogP) is 2.72. The number of halogens is 1. The largest absolute Gasteiger partial charge is 0.481 e. The molecule has 0 aliphatic carbocycles. The first-order chi connectivity index (χ1) is 9.74. The molecule has 1 aromatic carbocycles. The summed E-state index contributed by atoms with van der Waals surface area (Å²) in [5.74, 6) is 0.890. The highest BCUT2D eigenvalue weighted by Gasteiger charge is 2.03. The zero-order valence-electron chi connectivity index (χ0n) is 10.9. The molecule has 2 heterocycles. The molecule has 3 rings (SSSR count). The van der Waals surface area contributed by atoms with Gasteiger partial charge in [0.25, 0.3) is 0 Å². The van der Waals surface area contributed by atoms with Crippen LogP contribution in [0.4, 0.5) is 10.3 Å². The molecule has 0 aliphatic heterocycles. The number of hydrogen-bond acceptors (Lipinski definition) is 4. The number of imidazole rings is 1. The average molecular weight is 272 g/mol. The number of benzene rings is 1. The van der Waals surface area contributed by atoms with Crippen LogP contribution in [0.2, 0.25) is 0 Å². The van der Waals surface area contributed by atoms with Crippen LogP contribution < -0.4 is 10.1 Å². The average Bonchev–Trinajstić information content (AvgIpc) is 2.87. The zero-order valence-corrected chi connectivity index (χ0v) is 10.9. The van der Waals surface area contributed by atoms with Gasteiger partial charge in [-0.05, 0) is 23.8 Å². The maximum Gasteiger partial charge on any atom is 0.212 e. The first-order valence-corrected chi connectivity index (χ1v) is 6.12. The van der Waals surface area contributed by atoms with Crippen molar-refractivity contribution in [3.8, 4) is 5.88 Å². The van der Waals surface area contributed by atoms with Gasteiger partial charge >= 0.3 is 0 Å². The van der Waals surface area contributed by atoms with E-state index in [1.807, 2.05) is 6.07 Å². The minimum Gasteiger partial charge on any atom is -0.481 e. The third-order valence-electron chi connectivity index (χ3n) is 2.91. The molecule has 2 N–H and O–H groups in total. The summed E-state index contributed by atoms with van der Waals surface area (Å²) in [5.41, 5.74) is 2.39. The lowest BCUT2D eigenvalue weighted by Gasteiger charge is -2.03.